The molecule has 0 saturated heterocycles. The van der Waals surface area contributed by atoms with E-state index in [4.69, 9.17) is 39.5 Å². The number of nitrogens with one attached hydrogen (secondary N) is 2. The molecule has 0 bridgehead atoms. The Morgan fingerprint density at radius 3 is 2.72 bits per heavy atom. The molecule has 8 nitrogen and oxygen atoms in total. The first-order valence-corrected chi connectivity index (χ1v) is 11.4. The third-order valence-corrected chi connectivity index (χ3v) is 5.31. The Hall–Kier alpha value is -2.33. The second-order valence-corrected chi connectivity index (χ2v) is 8.51. The van der Waals surface area contributed by atoms with Crippen molar-refractivity contribution < 1.29 is 14.3 Å². The smallest absolute Gasteiger partial charge is 0.411 e. The lowest BCUT2D eigenvalue weighted by atomic mass is 10.1. The van der Waals surface area contributed by atoms with Crippen molar-refractivity contribution in [3.8, 4) is 5.82 Å². The van der Waals surface area contributed by atoms with E-state index in [-0.39, 0.29) is 18.0 Å². The molecule has 0 radical (unpaired) electrons. The Bertz CT molecular complexity index is 1160. The second-order valence-electron chi connectivity index (χ2n) is 6.48. The third kappa shape index (κ3) is 5.92. The Balaban J connectivity index is 1.91. The molecule has 12 heteroatoms. The maximum Gasteiger partial charge on any atom is 0.411 e. The zero-order valence-corrected chi connectivity index (χ0v) is 20.5. The minimum absolute atomic E-state index is 0.161. The lowest BCUT2D eigenvalue weighted by molar-refractivity contribution is 0.101. The number of pyridine rings is 1. The molecule has 1 aromatic carbocycles. The van der Waals surface area contributed by atoms with Gasteiger partial charge in [0.25, 0.3) is 5.91 Å². The van der Waals surface area contributed by atoms with Gasteiger partial charge in [-0.1, -0.05) is 23.2 Å². The van der Waals surface area contributed by atoms with Gasteiger partial charge in [0.2, 0.25) is 0 Å². The maximum absolute atomic E-state index is 13.2. The molecule has 32 heavy (non-hydrogen) atoms. The molecule has 2 aromatic heterocycles. The van der Waals surface area contributed by atoms with Crippen molar-refractivity contribution in [3.63, 3.8) is 0 Å². The number of amides is 2. The van der Waals surface area contributed by atoms with Crippen LogP contribution in [-0.4, -0.2) is 39.3 Å². The summed E-state index contributed by atoms with van der Waals surface area (Å²) in [6.45, 7) is 1.91. The molecule has 2 N–H and O–H groups in total. The molecule has 0 aliphatic carbocycles. The van der Waals surface area contributed by atoms with Gasteiger partial charge >= 0.3 is 6.09 Å². The maximum atomic E-state index is 13.2. The van der Waals surface area contributed by atoms with Gasteiger partial charge in [0, 0.05) is 23.2 Å². The summed E-state index contributed by atoms with van der Waals surface area (Å²) in [6.07, 6.45) is 1.36. The fourth-order valence-corrected chi connectivity index (χ4v) is 3.72. The van der Waals surface area contributed by atoms with Crippen LogP contribution >= 0.6 is 50.7 Å². The Morgan fingerprint density at radius 1 is 1.22 bits per heavy atom. The highest BCUT2D eigenvalue weighted by Crippen LogP contribution is 2.31. The third-order valence-electron chi connectivity index (χ3n) is 4.14. The number of halogens is 4. The molecule has 0 aliphatic rings. The molecule has 168 valence electrons. The Labute approximate surface area is 207 Å². The number of aryl methyl sites for hydroxylation is 1. The van der Waals surface area contributed by atoms with E-state index in [0.29, 0.717) is 44.0 Å². The van der Waals surface area contributed by atoms with E-state index in [0.717, 1.165) is 0 Å². The molecule has 0 saturated carbocycles. The van der Waals surface area contributed by atoms with Crippen LogP contribution in [0, 0.1) is 6.92 Å². The standard InChI is InChI=1S/C20H17BrCl3N5O3/c1-11-8-12(23)9-14(26-20(31)32-7-3-5-22)17(11)27-19(30)15-10-16(21)28-29(15)18-13(24)4-2-6-25-18/h2,4,6,8-10H,3,5,7H2,1H3,(H,26,31)(H,27,30). The van der Waals surface area contributed by atoms with E-state index in [1.54, 1.807) is 31.3 Å². The molecule has 0 aliphatic heterocycles. The second kappa shape index (κ2) is 11.0. The van der Waals surface area contributed by atoms with Crippen molar-refractivity contribution in [3.05, 3.63) is 62.4 Å². The first kappa shape index (κ1) is 24.3. The van der Waals surface area contributed by atoms with Crippen molar-refractivity contribution in [2.45, 2.75) is 13.3 Å². The number of anilines is 2. The summed E-state index contributed by atoms with van der Waals surface area (Å²) in [4.78, 5) is 29.5. The molecule has 2 amide bonds. The van der Waals surface area contributed by atoms with Crippen LogP contribution in [0.5, 0.6) is 0 Å². The minimum atomic E-state index is -0.694. The quantitative estimate of drug-likeness (QED) is 0.269. The molecule has 2 heterocycles. The van der Waals surface area contributed by atoms with Gasteiger partial charge in [0.1, 0.15) is 10.3 Å². The van der Waals surface area contributed by atoms with E-state index in [2.05, 4.69) is 36.6 Å². The number of hydrogen-bond acceptors (Lipinski definition) is 5. The summed E-state index contributed by atoms with van der Waals surface area (Å²) in [6, 6.07) is 8.01. The van der Waals surface area contributed by atoms with Crippen LogP contribution in [0.4, 0.5) is 16.2 Å². The van der Waals surface area contributed by atoms with E-state index in [9.17, 15) is 9.59 Å². The lowest BCUT2D eigenvalue weighted by Crippen LogP contribution is -2.21. The fourth-order valence-electron chi connectivity index (χ4n) is 2.76. The topological polar surface area (TPSA) is 98.1 Å². The van der Waals surface area contributed by atoms with Crippen LogP contribution in [0.2, 0.25) is 10.0 Å². The number of carbonyl (C=O) groups is 2. The first-order chi connectivity index (χ1) is 15.3. The van der Waals surface area contributed by atoms with Gasteiger partial charge in [0.15, 0.2) is 5.82 Å². The zero-order valence-electron chi connectivity index (χ0n) is 16.7. The molecular formula is C20H17BrCl3N5O3. The predicted molar refractivity (Wildman–Crippen MR) is 129 cm³/mol. The van der Waals surface area contributed by atoms with Gasteiger partial charge in [-0.25, -0.2) is 14.5 Å². The number of benzene rings is 1. The fraction of sp³-hybridized carbons (Fsp3) is 0.200. The van der Waals surface area contributed by atoms with Gasteiger partial charge in [-0.2, -0.15) is 5.10 Å². The lowest BCUT2D eigenvalue weighted by Gasteiger charge is -2.16. The highest BCUT2D eigenvalue weighted by molar-refractivity contribution is 9.10. The van der Waals surface area contributed by atoms with Gasteiger partial charge in [0.05, 0.1) is 23.0 Å². The summed E-state index contributed by atoms with van der Waals surface area (Å²) in [5.74, 6) is 0.155. The van der Waals surface area contributed by atoms with Crippen LogP contribution in [0.1, 0.15) is 22.5 Å². The Morgan fingerprint density at radius 2 is 2.00 bits per heavy atom. The Kier molecular flexibility index (Phi) is 8.36. The van der Waals surface area contributed by atoms with E-state index in [1.807, 2.05) is 0 Å². The van der Waals surface area contributed by atoms with Gasteiger partial charge in [-0.15, -0.1) is 11.6 Å². The van der Waals surface area contributed by atoms with Gasteiger partial charge < -0.3 is 10.1 Å². The van der Waals surface area contributed by atoms with Crippen molar-refractivity contribution >= 4 is 74.1 Å². The zero-order chi connectivity index (χ0) is 23.3. The van der Waals surface area contributed by atoms with Crippen molar-refractivity contribution in [2.24, 2.45) is 0 Å². The summed E-state index contributed by atoms with van der Waals surface area (Å²) in [5, 5.41) is 10.4. The highest BCUT2D eigenvalue weighted by Gasteiger charge is 2.21. The summed E-state index contributed by atoms with van der Waals surface area (Å²) in [5.41, 5.74) is 1.43. The first-order valence-electron chi connectivity index (χ1n) is 9.28. The number of nitrogens with zero attached hydrogens (tertiary/aromatic N) is 3. The largest absolute Gasteiger partial charge is 0.449 e. The van der Waals surface area contributed by atoms with Crippen molar-refractivity contribution in [2.75, 3.05) is 23.1 Å². The van der Waals surface area contributed by atoms with Crippen LogP contribution in [-0.2, 0) is 4.74 Å². The number of carbonyl (C=O) groups excluding carboxylic acids is 2. The summed E-state index contributed by atoms with van der Waals surface area (Å²) >= 11 is 21.2. The van der Waals surface area contributed by atoms with Crippen LogP contribution in [0.3, 0.4) is 0 Å². The molecule has 3 rings (SSSR count). The SMILES string of the molecule is Cc1cc(Cl)cc(NC(=O)OCCCCl)c1NC(=O)c1cc(Br)nn1-c1ncccc1Cl. The number of alkyl halides is 1. The average Bonchev–Trinajstić information content (AvgIpc) is 3.12. The number of ether oxygens (including phenoxy) is 1. The molecule has 0 fully saturated rings. The van der Waals surface area contributed by atoms with Crippen LogP contribution in [0.25, 0.3) is 5.82 Å². The van der Waals surface area contributed by atoms with Crippen molar-refractivity contribution in [1.82, 2.24) is 14.8 Å². The molecule has 3 aromatic rings. The van der Waals surface area contributed by atoms with Gasteiger partial charge in [-0.3, -0.25) is 10.1 Å². The molecule has 0 unspecified atom stereocenters. The molecular weight excluding hydrogens is 545 g/mol. The minimum Gasteiger partial charge on any atom is -0.449 e. The summed E-state index contributed by atoms with van der Waals surface area (Å²) < 4.78 is 6.81. The van der Waals surface area contributed by atoms with Crippen LogP contribution in [0.15, 0.2) is 41.1 Å². The molecule has 0 spiro atoms. The number of rotatable bonds is 7. The van der Waals surface area contributed by atoms with Crippen LogP contribution < -0.4 is 10.6 Å². The van der Waals surface area contributed by atoms with E-state index < -0.39 is 12.0 Å². The van der Waals surface area contributed by atoms with Gasteiger partial charge in [-0.05, 0) is 59.1 Å². The van der Waals surface area contributed by atoms with E-state index >= 15 is 0 Å². The molecule has 0 atom stereocenters. The van der Waals surface area contributed by atoms with E-state index in [1.165, 1.54) is 16.8 Å². The monoisotopic (exact) mass is 559 g/mol. The average molecular weight is 562 g/mol. The normalized spacial score (nSPS) is 10.7. The van der Waals surface area contributed by atoms with Crippen molar-refractivity contribution in [1.29, 1.82) is 0 Å². The summed E-state index contributed by atoms with van der Waals surface area (Å²) in [7, 11) is 0. The predicted octanol–water partition coefficient (Wildman–Crippen LogP) is 6.07. The number of aromatic nitrogens is 3. The highest BCUT2D eigenvalue weighted by atomic mass is 79.9. The number of hydrogen-bond donors (Lipinski definition) is 2.